The van der Waals surface area contributed by atoms with Crippen molar-refractivity contribution in [3.8, 4) is 0 Å². The van der Waals surface area contributed by atoms with Crippen LogP contribution in [0.25, 0.3) is 0 Å². The number of hydrogen-bond donors (Lipinski definition) is 1. The van der Waals surface area contributed by atoms with Crippen LogP contribution in [0.2, 0.25) is 0 Å². The molecule has 0 bridgehead atoms. The SMILES string of the molecule is COC(=O)C[C@@H]1Nc2ccc(C(=O)Cl)cc2CN(CCc2ccccc2)C1=O. The highest BCUT2D eigenvalue weighted by molar-refractivity contribution is 6.67. The van der Waals surface area contributed by atoms with E-state index in [1.807, 2.05) is 30.3 Å². The van der Waals surface area contributed by atoms with Gasteiger partial charge in [-0.15, -0.1) is 0 Å². The number of amides is 1. The predicted molar refractivity (Wildman–Crippen MR) is 106 cm³/mol. The molecule has 0 fully saturated rings. The molecule has 28 heavy (non-hydrogen) atoms. The van der Waals surface area contributed by atoms with Crippen LogP contribution in [-0.4, -0.2) is 41.7 Å². The van der Waals surface area contributed by atoms with Gasteiger partial charge in [0, 0.05) is 24.3 Å². The van der Waals surface area contributed by atoms with Crippen LogP contribution < -0.4 is 5.32 Å². The molecule has 0 saturated heterocycles. The lowest BCUT2D eigenvalue weighted by Gasteiger charge is -2.24. The van der Waals surface area contributed by atoms with Gasteiger partial charge in [-0.1, -0.05) is 30.3 Å². The Morgan fingerprint density at radius 3 is 2.64 bits per heavy atom. The van der Waals surface area contributed by atoms with E-state index in [-0.39, 0.29) is 12.3 Å². The van der Waals surface area contributed by atoms with Gasteiger partial charge in [-0.3, -0.25) is 14.4 Å². The molecule has 0 aliphatic carbocycles. The van der Waals surface area contributed by atoms with E-state index in [1.165, 1.54) is 7.11 Å². The molecule has 2 aromatic rings. The number of ether oxygens (including phenoxy) is 1. The fourth-order valence-electron chi connectivity index (χ4n) is 3.23. The quantitative estimate of drug-likeness (QED) is 0.596. The minimum atomic E-state index is -0.734. The van der Waals surface area contributed by atoms with E-state index >= 15 is 0 Å². The van der Waals surface area contributed by atoms with Gasteiger partial charge < -0.3 is 15.0 Å². The summed E-state index contributed by atoms with van der Waals surface area (Å²) in [5, 5.41) is 2.57. The van der Waals surface area contributed by atoms with Gasteiger partial charge in [0.1, 0.15) is 6.04 Å². The molecule has 1 heterocycles. The molecule has 146 valence electrons. The van der Waals surface area contributed by atoms with Gasteiger partial charge in [0.2, 0.25) is 5.91 Å². The van der Waals surface area contributed by atoms with Gasteiger partial charge >= 0.3 is 5.97 Å². The molecule has 2 aromatic carbocycles. The Morgan fingerprint density at radius 2 is 1.96 bits per heavy atom. The second kappa shape index (κ2) is 8.89. The molecule has 0 aromatic heterocycles. The van der Waals surface area contributed by atoms with Gasteiger partial charge in [0.25, 0.3) is 5.24 Å². The first-order valence-corrected chi connectivity index (χ1v) is 9.34. The predicted octanol–water partition coefficient (Wildman–Crippen LogP) is 2.99. The van der Waals surface area contributed by atoms with Crippen molar-refractivity contribution in [2.24, 2.45) is 0 Å². The lowest BCUT2D eigenvalue weighted by Crippen LogP contribution is -2.42. The highest BCUT2D eigenvalue weighted by atomic mass is 35.5. The average molecular weight is 401 g/mol. The Balaban J connectivity index is 1.88. The van der Waals surface area contributed by atoms with Gasteiger partial charge in [-0.05, 0) is 47.3 Å². The number of benzene rings is 2. The molecule has 0 saturated carbocycles. The van der Waals surface area contributed by atoms with E-state index in [2.05, 4.69) is 5.32 Å². The van der Waals surface area contributed by atoms with Crippen molar-refractivity contribution < 1.29 is 19.1 Å². The number of nitrogens with one attached hydrogen (secondary N) is 1. The summed E-state index contributed by atoms with van der Waals surface area (Å²) in [6, 6.07) is 14.1. The fraction of sp³-hybridized carbons (Fsp3) is 0.286. The van der Waals surface area contributed by atoms with Gasteiger partial charge in [0.05, 0.1) is 13.5 Å². The molecule has 1 aliphatic heterocycles. The van der Waals surface area contributed by atoms with E-state index in [4.69, 9.17) is 16.3 Å². The Bertz CT molecular complexity index is 885. The van der Waals surface area contributed by atoms with Crippen LogP contribution in [0, 0.1) is 0 Å². The number of halogens is 1. The number of nitrogens with zero attached hydrogens (tertiary/aromatic N) is 1. The summed E-state index contributed by atoms with van der Waals surface area (Å²) in [5.74, 6) is -0.652. The van der Waals surface area contributed by atoms with Crippen molar-refractivity contribution in [3.63, 3.8) is 0 Å². The van der Waals surface area contributed by atoms with E-state index < -0.39 is 17.3 Å². The van der Waals surface area contributed by atoms with E-state index in [9.17, 15) is 14.4 Å². The monoisotopic (exact) mass is 400 g/mol. The van der Waals surface area contributed by atoms with Crippen LogP contribution >= 0.6 is 11.6 Å². The van der Waals surface area contributed by atoms with Crippen molar-refractivity contribution in [2.75, 3.05) is 19.0 Å². The molecule has 3 rings (SSSR count). The van der Waals surface area contributed by atoms with Gasteiger partial charge in [-0.2, -0.15) is 0 Å². The number of methoxy groups -OCH3 is 1. The third-order valence-electron chi connectivity index (χ3n) is 4.74. The number of carbonyl (C=O) groups excluding carboxylic acids is 3. The second-order valence-electron chi connectivity index (χ2n) is 6.62. The standard InChI is InChI=1S/C21H21ClN2O4/c1-28-19(25)12-18-21(27)24(10-9-14-5-3-2-4-6-14)13-16-11-15(20(22)26)7-8-17(16)23-18/h2-8,11,18,23H,9-10,12-13H2,1H3/t18-/m0/s1. The molecule has 0 unspecified atom stereocenters. The molecule has 0 spiro atoms. The normalized spacial score (nSPS) is 16.0. The van der Waals surface area contributed by atoms with Crippen molar-refractivity contribution in [2.45, 2.75) is 25.4 Å². The van der Waals surface area contributed by atoms with Crippen molar-refractivity contribution >= 4 is 34.4 Å². The van der Waals surface area contributed by atoms with Crippen molar-refractivity contribution in [3.05, 3.63) is 65.2 Å². The van der Waals surface area contributed by atoms with Crippen LogP contribution in [0.15, 0.2) is 48.5 Å². The summed E-state index contributed by atoms with van der Waals surface area (Å²) < 4.78 is 4.73. The average Bonchev–Trinajstić information content (AvgIpc) is 2.83. The molecular formula is C21H21ClN2O4. The van der Waals surface area contributed by atoms with E-state index in [0.717, 1.165) is 11.1 Å². The Labute approximate surface area is 168 Å². The molecule has 0 radical (unpaired) electrons. The minimum absolute atomic E-state index is 0.0766. The van der Waals surface area contributed by atoms with Crippen LogP contribution in [-0.2, 0) is 27.3 Å². The largest absolute Gasteiger partial charge is 0.469 e. The fourth-order valence-corrected chi connectivity index (χ4v) is 3.34. The van der Waals surface area contributed by atoms with Gasteiger partial charge in [-0.25, -0.2) is 0 Å². The maximum atomic E-state index is 13.1. The number of hydrogen-bond acceptors (Lipinski definition) is 5. The van der Waals surface area contributed by atoms with Crippen molar-refractivity contribution in [1.29, 1.82) is 0 Å². The molecular weight excluding hydrogens is 380 g/mol. The first kappa shape index (κ1) is 19.9. The van der Waals surface area contributed by atoms with Gasteiger partial charge in [0.15, 0.2) is 0 Å². The Hall–Kier alpha value is -2.86. The van der Waals surface area contributed by atoms with Crippen molar-refractivity contribution in [1.82, 2.24) is 4.90 Å². The third-order valence-corrected chi connectivity index (χ3v) is 4.96. The smallest absolute Gasteiger partial charge is 0.308 e. The molecule has 6 nitrogen and oxygen atoms in total. The highest BCUT2D eigenvalue weighted by Gasteiger charge is 2.31. The highest BCUT2D eigenvalue weighted by Crippen LogP contribution is 2.26. The van der Waals surface area contributed by atoms with Crippen LogP contribution in [0.5, 0.6) is 0 Å². The second-order valence-corrected chi connectivity index (χ2v) is 6.96. The lowest BCUT2D eigenvalue weighted by molar-refractivity contribution is -0.144. The van der Waals surface area contributed by atoms with Crippen LogP contribution in [0.3, 0.4) is 0 Å². The zero-order chi connectivity index (χ0) is 20.1. The maximum absolute atomic E-state index is 13.1. The number of rotatable bonds is 6. The summed E-state index contributed by atoms with van der Waals surface area (Å²) in [4.78, 5) is 38.1. The first-order valence-electron chi connectivity index (χ1n) is 8.96. The molecule has 1 aliphatic rings. The number of carbonyl (C=O) groups is 3. The number of fused-ring (bicyclic) bond motifs is 1. The summed E-state index contributed by atoms with van der Waals surface area (Å²) in [6.07, 6.45) is 0.605. The first-order chi connectivity index (χ1) is 13.5. The summed E-state index contributed by atoms with van der Waals surface area (Å²) in [7, 11) is 1.29. The van der Waals surface area contributed by atoms with E-state index in [1.54, 1.807) is 23.1 Å². The third kappa shape index (κ3) is 4.70. The minimum Gasteiger partial charge on any atom is -0.469 e. The molecule has 1 N–H and O–H groups in total. The zero-order valence-corrected chi connectivity index (χ0v) is 16.2. The number of esters is 1. The molecule has 1 atom stereocenters. The van der Waals surface area contributed by atoms with Crippen LogP contribution in [0.1, 0.15) is 27.9 Å². The maximum Gasteiger partial charge on any atom is 0.308 e. The van der Waals surface area contributed by atoms with E-state index in [0.29, 0.717) is 30.8 Å². The molecule has 1 amide bonds. The summed E-state index contributed by atoms with van der Waals surface area (Å²) >= 11 is 5.61. The van der Waals surface area contributed by atoms with Crippen LogP contribution in [0.4, 0.5) is 5.69 Å². The Kier molecular flexibility index (Phi) is 6.31. The lowest BCUT2D eigenvalue weighted by atomic mass is 10.1. The Morgan fingerprint density at radius 1 is 1.21 bits per heavy atom. The number of anilines is 1. The topological polar surface area (TPSA) is 75.7 Å². The summed E-state index contributed by atoms with van der Waals surface area (Å²) in [6.45, 7) is 0.810. The summed E-state index contributed by atoms with van der Waals surface area (Å²) in [5.41, 5.74) is 2.96. The zero-order valence-electron chi connectivity index (χ0n) is 15.5. The molecule has 7 heteroatoms.